The van der Waals surface area contributed by atoms with E-state index in [1.54, 1.807) is 4.90 Å². The first-order valence-electron chi connectivity index (χ1n) is 6.09. The van der Waals surface area contributed by atoms with Crippen LogP contribution >= 0.6 is 0 Å². The summed E-state index contributed by atoms with van der Waals surface area (Å²) in [5, 5.41) is 8.93. The standard InChI is InChI=1S/C14H19NO2/c1-10-3-5-12(6-4-10)13-9-15(7-8-16)14(17)11(13)2/h3-6,11,13,16H,7-9H2,1-2H3/t11-,13?/m1/s1. The van der Waals surface area contributed by atoms with Crippen LogP contribution in [0.3, 0.4) is 0 Å². The first kappa shape index (κ1) is 12.1. The minimum atomic E-state index is 0.0178. The molecule has 0 bridgehead atoms. The van der Waals surface area contributed by atoms with Gasteiger partial charge in [-0.1, -0.05) is 36.8 Å². The molecule has 92 valence electrons. The van der Waals surface area contributed by atoms with Crippen molar-refractivity contribution in [3.63, 3.8) is 0 Å². The highest BCUT2D eigenvalue weighted by molar-refractivity contribution is 5.82. The molecule has 0 aliphatic carbocycles. The van der Waals surface area contributed by atoms with Crippen molar-refractivity contribution >= 4 is 5.91 Å². The molecule has 1 aliphatic heterocycles. The van der Waals surface area contributed by atoms with Crippen LogP contribution in [0, 0.1) is 12.8 Å². The van der Waals surface area contributed by atoms with E-state index in [9.17, 15) is 4.79 Å². The summed E-state index contributed by atoms with van der Waals surface area (Å²) in [6.45, 7) is 5.25. The Morgan fingerprint density at radius 2 is 2.00 bits per heavy atom. The predicted octanol–water partition coefficient (Wildman–Crippen LogP) is 1.55. The quantitative estimate of drug-likeness (QED) is 0.860. The third-order valence-electron chi connectivity index (χ3n) is 3.60. The van der Waals surface area contributed by atoms with Crippen molar-refractivity contribution in [2.45, 2.75) is 19.8 Å². The number of nitrogens with zero attached hydrogens (tertiary/aromatic N) is 1. The van der Waals surface area contributed by atoms with E-state index in [2.05, 4.69) is 31.2 Å². The second kappa shape index (κ2) is 4.88. The zero-order chi connectivity index (χ0) is 12.4. The van der Waals surface area contributed by atoms with Gasteiger partial charge in [-0.2, -0.15) is 0 Å². The maximum atomic E-state index is 12.0. The van der Waals surface area contributed by atoms with Crippen LogP contribution in [-0.2, 0) is 4.79 Å². The lowest BCUT2D eigenvalue weighted by Gasteiger charge is -2.15. The average molecular weight is 233 g/mol. The molecule has 1 aliphatic rings. The number of amides is 1. The van der Waals surface area contributed by atoms with Crippen molar-refractivity contribution in [3.05, 3.63) is 35.4 Å². The molecule has 2 rings (SSSR count). The number of carbonyl (C=O) groups excluding carboxylic acids is 1. The van der Waals surface area contributed by atoms with E-state index < -0.39 is 0 Å². The number of aliphatic hydroxyl groups excluding tert-OH is 1. The van der Waals surface area contributed by atoms with Gasteiger partial charge >= 0.3 is 0 Å². The third kappa shape index (κ3) is 2.34. The molecule has 1 amide bonds. The van der Waals surface area contributed by atoms with Gasteiger partial charge < -0.3 is 10.0 Å². The van der Waals surface area contributed by atoms with Crippen LogP contribution in [0.15, 0.2) is 24.3 Å². The molecule has 0 radical (unpaired) electrons. The van der Waals surface area contributed by atoms with Crippen molar-refractivity contribution < 1.29 is 9.90 Å². The SMILES string of the molecule is Cc1ccc(C2CN(CCO)C(=O)[C@@H]2C)cc1. The maximum absolute atomic E-state index is 12.0. The Hall–Kier alpha value is -1.35. The molecule has 1 saturated heterocycles. The van der Waals surface area contributed by atoms with Crippen molar-refractivity contribution in [1.82, 2.24) is 4.90 Å². The highest BCUT2D eigenvalue weighted by atomic mass is 16.3. The van der Waals surface area contributed by atoms with Gasteiger partial charge in [-0.3, -0.25) is 4.79 Å². The highest BCUT2D eigenvalue weighted by Gasteiger charge is 2.37. The summed E-state index contributed by atoms with van der Waals surface area (Å²) in [6, 6.07) is 8.38. The Balaban J connectivity index is 2.17. The Kier molecular flexibility index (Phi) is 3.48. The Labute approximate surface area is 102 Å². The summed E-state index contributed by atoms with van der Waals surface area (Å²) in [4.78, 5) is 13.7. The highest BCUT2D eigenvalue weighted by Crippen LogP contribution is 2.33. The van der Waals surface area contributed by atoms with Crippen LogP contribution in [0.5, 0.6) is 0 Å². The average Bonchev–Trinajstić information content (AvgIpc) is 2.59. The Bertz CT molecular complexity index is 399. The fourth-order valence-electron chi connectivity index (χ4n) is 2.48. The summed E-state index contributed by atoms with van der Waals surface area (Å²) in [5.41, 5.74) is 2.45. The van der Waals surface area contributed by atoms with Crippen LogP contribution in [0.4, 0.5) is 0 Å². The van der Waals surface area contributed by atoms with Crippen molar-refractivity contribution in [3.8, 4) is 0 Å². The molecule has 1 fully saturated rings. The molecular weight excluding hydrogens is 214 g/mol. The number of benzene rings is 1. The van der Waals surface area contributed by atoms with Crippen molar-refractivity contribution in [2.75, 3.05) is 19.7 Å². The number of aryl methyl sites for hydroxylation is 1. The van der Waals surface area contributed by atoms with Crippen LogP contribution in [0.1, 0.15) is 24.0 Å². The third-order valence-corrected chi connectivity index (χ3v) is 3.60. The zero-order valence-corrected chi connectivity index (χ0v) is 10.4. The molecule has 0 aromatic heterocycles. The molecule has 1 N–H and O–H groups in total. The lowest BCUT2D eigenvalue weighted by molar-refractivity contribution is -0.131. The number of rotatable bonds is 3. The summed E-state index contributed by atoms with van der Waals surface area (Å²) in [6.07, 6.45) is 0. The van der Waals surface area contributed by atoms with Crippen LogP contribution in [-0.4, -0.2) is 35.6 Å². The summed E-state index contributed by atoms with van der Waals surface area (Å²) < 4.78 is 0. The molecule has 17 heavy (non-hydrogen) atoms. The second-order valence-corrected chi connectivity index (χ2v) is 4.81. The van der Waals surface area contributed by atoms with Crippen molar-refractivity contribution in [1.29, 1.82) is 0 Å². The fraction of sp³-hybridized carbons (Fsp3) is 0.500. The molecular formula is C14H19NO2. The van der Waals surface area contributed by atoms with E-state index in [-0.39, 0.29) is 24.3 Å². The van der Waals surface area contributed by atoms with E-state index in [1.165, 1.54) is 11.1 Å². The maximum Gasteiger partial charge on any atom is 0.226 e. The molecule has 3 nitrogen and oxygen atoms in total. The number of hydrogen-bond donors (Lipinski definition) is 1. The summed E-state index contributed by atoms with van der Waals surface area (Å²) >= 11 is 0. The Morgan fingerprint density at radius 1 is 1.35 bits per heavy atom. The van der Waals surface area contributed by atoms with Gasteiger partial charge in [0.2, 0.25) is 5.91 Å². The molecule has 0 saturated carbocycles. The van der Waals surface area contributed by atoms with Gasteiger partial charge in [-0.05, 0) is 12.5 Å². The van der Waals surface area contributed by atoms with Crippen LogP contribution in [0.2, 0.25) is 0 Å². The van der Waals surface area contributed by atoms with E-state index in [0.717, 1.165) is 6.54 Å². The van der Waals surface area contributed by atoms with Gasteiger partial charge in [-0.15, -0.1) is 0 Å². The second-order valence-electron chi connectivity index (χ2n) is 4.81. The molecule has 1 heterocycles. The smallest absolute Gasteiger partial charge is 0.226 e. The van der Waals surface area contributed by atoms with Crippen LogP contribution < -0.4 is 0 Å². The monoisotopic (exact) mass is 233 g/mol. The Morgan fingerprint density at radius 3 is 2.59 bits per heavy atom. The van der Waals surface area contributed by atoms with Crippen molar-refractivity contribution in [2.24, 2.45) is 5.92 Å². The van der Waals surface area contributed by atoms with E-state index in [0.29, 0.717) is 6.54 Å². The number of β-amino-alcohol motifs (C(OH)–C–C–N with tert-alkyl or cyclic N) is 1. The van der Waals surface area contributed by atoms with Gasteiger partial charge in [-0.25, -0.2) is 0 Å². The molecule has 1 unspecified atom stereocenters. The number of aliphatic hydroxyl groups is 1. The van der Waals surface area contributed by atoms with Gasteiger partial charge in [0.1, 0.15) is 0 Å². The molecule has 3 heteroatoms. The molecule has 2 atom stereocenters. The topological polar surface area (TPSA) is 40.5 Å². The number of likely N-dealkylation sites (tertiary alicyclic amines) is 1. The van der Waals surface area contributed by atoms with Gasteiger partial charge in [0, 0.05) is 24.9 Å². The minimum absolute atomic E-state index is 0.0178. The first-order chi connectivity index (χ1) is 8.13. The number of carbonyl (C=O) groups is 1. The van der Waals surface area contributed by atoms with E-state index in [4.69, 9.17) is 5.11 Å². The lowest BCUT2D eigenvalue weighted by Crippen LogP contribution is -2.29. The van der Waals surface area contributed by atoms with E-state index >= 15 is 0 Å². The minimum Gasteiger partial charge on any atom is -0.395 e. The fourth-order valence-corrected chi connectivity index (χ4v) is 2.48. The largest absolute Gasteiger partial charge is 0.395 e. The predicted molar refractivity (Wildman–Crippen MR) is 66.7 cm³/mol. The molecule has 1 aromatic rings. The first-order valence-corrected chi connectivity index (χ1v) is 6.09. The van der Waals surface area contributed by atoms with Crippen LogP contribution in [0.25, 0.3) is 0 Å². The summed E-state index contributed by atoms with van der Waals surface area (Å²) in [7, 11) is 0. The van der Waals surface area contributed by atoms with Gasteiger partial charge in [0.25, 0.3) is 0 Å². The molecule has 0 spiro atoms. The van der Waals surface area contributed by atoms with Gasteiger partial charge in [0.15, 0.2) is 0 Å². The zero-order valence-electron chi connectivity index (χ0n) is 10.4. The summed E-state index contributed by atoms with van der Waals surface area (Å²) in [5.74, 6) is 0.434. The van der Waals surface area contributed by atoms with Gasteiger partial charge in [0.05, 0.1) is 6.61 Å². The normalized spacial score (nSPS) is 24.4. The molecule has 1 aromatic carbocycles. The number of hydrogen-bond acceptors (Lipinski definition) is 2. The lowest BCUT2D eigenvalue weighted by atomic mass is 9.90. The van der Waals surface area contributed by atoms with E-state index in [1.807, 2.05) is 6.92 Å².